The molecule has 0 saturated heterocycles. The van der Waals surface area contributed by atoms with Gasteiger partial charge in [0.25, 0.3) is 5.91 Å². The number of nitrogens with zero attached hydrogens (tertiary/aromatic N) is 2. The number of benzene rings is 2. The van der Waals surface area contributed by atoms with E-state index in [2.05, 4.69) is 16.4 Å². The molecule has 3 aromatic rings. The van der Waals surface area contributed by atoms with Gasteiger partial charge in [-0.2, -0.15) is 5.26 Å². The lowest BCUT2D eigenvalue weighted by molar-refractivity contribution is 0.102. The summed E-state index contributed by atoms with van der Waals surface area (Å²) in [7, 11) is 0. The number of hydrogen-bond acceptors (Lipinski definition) is 4. The van der Waals surface area contributed by atoms with Crippen molar-refractivity contribution in [3.63, 3.8) is 0 Å². The van der Waals surface area contributed by atoms with Gasteiger partial charge in [-0.15, -0.1) is 0 Å². The van der Waals surface area contributed by atoms with Crippen molar-refractivity contribution in [1.29, 1.82) is 5.26 Å². The van der Waals surface area contributed by atoms with E-state index < -0.39 is 0 Å². The van der Waals surface area contributed by atoms with Crippen LogP contribution < -0.4 is 5.32 Å². The highest BCUT2D eigenvalue weighted by Gasteiger charge is 2.19. The third-order valence-electron chi connectivity index (χ3n) is 4.44. The molecule has 0 unspecified atom stereocenters. The topological polar surface area (TPSA) is 78.4 Å². The van der Waals surface area contributed by atoms with Gasteiger partial charge in [0.15, 0.2) is 0 Å². The van der Waals surface area contributed by atoms with Crippen molar-refractivity contribution in [3.8, 4) is 6.07 Å². The van der Waals surface area contributed by atoms with Gasteiger partial charge in [0.1, 0.15) is 0 Å². The van der Waals surface area contributed by atoms with Crippen LogP contribution in [-0.4, -0.2) is 11.6 Å². The van der Waals surface area contributed by atoms with Crippen molar-refractivity contribution in [2.75, 3.05) is 5.32 Å². The van der Waals surface area contributed by atoms with Crippen LogP contribution in [0.1, 0.15) is 38.2 Å². The highest BCUT2D eigenvalue weighted by Crippen LogP contribution is 2.26. The lowest BCUT2D eigenvalue weighted by Crippen LogP contribution is -2.14. The molecule has 1 N–H and O–H groups in total. The minimum absolute atomic E-state index is 0.237. The lowest BCUT2D eigenvalue weighted by atomic mass is 10.0. The standard InChI is InChI=1S/C21H15N3O2/c1-13-2-3-14(10-22)8-18(13)21(25)24-17-5-4-15-11-23-20(19(15)9-17)16-6-7-26-12-16/h2-9,12H,11H2,1H3,(H,24,25). The molecule has 2 aromatic carbocycles. The predicted octanol–water partition coefficient (Wildman–Crippen LogP) is 4.06. The Morgan fingerprint density at radius 1 is 1.23 bits per heavy atom. The Kier molecular flexibility index (Phi) is 3.86. The summed E-state index contributed by atoms with van der Waals surface area (Å²) in [5.74, 6) is -0.237. The van der Waals surface area contributed by atoms with Gasteiger partial charge in [0.05, 0.1) is 36.4 Å². The molecule has 0 atom stereocenters. The fourth-order valence-corrected chi connectivity index (χ4v) is 3.04. The number of nitrogens with one attached hydrogen (secondary N) is 1. The van der Waals surface area contributed by atoms with E-state index in [1.807, 2.05) is 31.2 Å². The van der Waals surface area contributed by atoms with E-state index in [4.69, 9.17) is 9.68 Å². The third kappa shape index (κ3) is 2.78. The molecule has 5 nitrogen and oxygen atoms in total. The van der Waals surface area contributed by atoms with Gasteiger partial charge in [-0.1, -0.05) is 12.1 Å². The number of hydrogen-bond donors (Lipinski definition) is 1. The molecule has 0 fully saturated rings. The molecular formula is C21H15N3O2. The maximum Gasteiger partial charge on any atom is 0.255 e. The number of amides is 1. The van der Waals surface area contributed by atoms with Gasteiger partial charge >= 0.3 is 0 Å². The van der Waals surface area contributed by atoms with Gasteiger partial charge in [0, 0.05) is 22.4 Å². The second-order valence-electron chi connectivity index (χ2n) is 6.14. The van der Waals surface area contributed by atoms with E-state index >= 15 is 0 Å². The molecule has 0 spiro atoms. The maximum atomic E-state index is 12.6. The normalized spacial score (nSPS) is 12.2. The second kappa shape index (κ2) is 6.34. The summed E-state index contributed by atoms with van der Waals surface area (Å²) in [4.78, 5) is 17.2. The molecule has 126 valence electrons. The summed E-state index contributed by atoms with van der Waals surface area (Å²) in [6.45, 7) is 2.47. The summed E-state index contributed by atoms with van der Waals surface area (Å²) in [5, 5.41) is 12.0. The van der Waals surface area contributed by atoms with Crippen LogP contribution in [0.5, 0.6) is 0 Å². The number of fused-ring (bicyclic) bond motifs is 1. The molecule has 1 aliphatic heterocycles. The lowest BCUT2D eigenvalue weighted by Gasteiger charge is -2.10. The van der Waals surface area contributed by atoms with Crippen molar-refractivity contribution < 1.29 is 9.21 Å². The largest absolute Gasteiger partial charge is 0.472 e. The van der Waals surface area contributed by atoms with Crippen LogP contribution in [0.25, 0.3) is 0 Å². The minimum Gasteiger partial charge on any atom is -0.472 e. The number of aryl methyl sites for hydroxylation is 1. The van der Waals surface area contributed by atoms with Gasteiger partial charge in [-0.05, 0) is 48.4 Å². The molecule has 5 heteroatoms. The van der Waals surface area contributed by atoms with Crippen LogP contribution >= 0.6 is 0 Å². The number of aliphatic imine (C=N–C) groups is 1. The predicted molar refractivity (Wildman–Crippen MR) is 98.3 cm³/mol. The molecule has 26 heavy (non-hydrogen) atoms. The zero-order chi connectivity index (χ0) is 18.1. The van der Waals surface area contributed by atoms with Crippen molar-refractivity contribution in [2.45, 2.75) is 13.5 Å². The molecule has 0 radical (unpaired) electrons. The minimum atomic E-state index is -0.237. The fraction of sp³-hybridized carbons (Fsp3) is 0.0952. The average Bonchev–Trinajstić information content (AvgIpc) is 3.31. The summed E-state index contributed by atoms with van der Waals surface area (Å²) >= 11 is 0. The van der Waals surface area contributed by atoms with Crippen LogP contribution in [0.3, 0.4) is 0 Å². The van der Waals surface area contributed by atoms with Crippen molar-refractivity contribution in [1.82, 2.24) is 0 Å². The summed E-state index contributed by atoms with van der Waals surface area (Å²) in [6.07, 6.45) is 3.28. The van der Waals surface area contributed by atoms with E-state index in [1.54, 1.807) is 30.7 Å². The average molecular weight is 341 g/mol. The zero-order valence-corrected chi connectivity index (χ0v) is 14.1. The van der Waals surface area contributed by atoms with Crippen LogP contribution in [0, 0.1) is 18.3 Å². The first-order valence-corrected chi connectivity index (χ1v) is 8.18. The van der Waals surface area contributed by atoms with E-state index in [-0.39, 0.29) is 5.91 Å². The monoisotopic (exact) mass is 341 g/mol. The molecule has 4 rings (SSSR count). The molecular weight excluding hydrogens is 326 g/mol. The van der Waals surface area contributed by atoms with E-state index in [9.17, 15) is 4.79 Å². The number of rotatable bonds is 3. The molecule has 1 aromatic heterocycles. The van der Waals surface area contributed by atoms with Crippen molar-refractivity contribution >= 4 is 17.3 Å². The Bertz CT molecular complexity index is 1070. The summed E-state index contributed by atoms with van der Waals surface area (Å²) < 4.78 is 5.15. The smallest absolute Gasteiger partial charge is 0.255 e. The van der Waals surface area contributed by atoms with E-state index in [1.165, 1.54) is 0 Å². The Morgan fingerprint density at radius 3 is 2.88 bits per heavy atom. The molecule has 0 aliphatic carbocycles. The zero-order valence-electron chi connectivity index (χ0n) is 14.1. The molecule has 2 heterocycles. The van der Waals surface area contributed by atoms with Gasteiger partial charge < -0.3 is 9.73 Å². The van der Waals surface area contributed by atoms with Gasteiger partial charge in [0.2, 0.25) is 0 Å². The number of nitriles is 1. The first-order valence-electron chi connectivity index (χ1n) is 8.18. The fourth-order valence-electron chi connectivity index (χ4n) is 3.04. The molecule has 0 saturated carbocycles. The van der Waals surface area contributed by atoms with Gasteiger partial charge in [-0.3, -0.25) is 9.79 Å². The van der Waals surface area contributed by atoms with Crippen LogP contribution in [0.15, 0.2) is 64.4 Å². The first-order chi connectivity index (χ1) is 12.7. The first kappa shape index (κ1) is 15.9. The molecule has 0 bridgehead atoms. The summed E-state index contributed by atoms with van der Waals surface area (Å²) in [6, 6.07) is 14.8. The SMILES string of the molecule is Cc1ccc(C#N)cc1C(=O)Nc1ccc2c(c1)C(c1ccoc1)=NC2. The number of furan rings is 1. The Labute approximate surface area is 150 Å². The highest BCUT2D eigenvalue weighted by molar-refractivity contribution is 6.16. The van der Waals surface area contributed by atoms with Gasteiger partial charge in [-0.25, -0.2) is 0 Å². The highest BCUT2D eigenvalue weighted by atomic mass is 16.3. The Morgan fingerprint density at radius 2 is 2.12 bits per heavy atom. The van der Waals surface area contributed by atoms with Crippen LogP contribution in [0.4, 0.5) is 5.69 Å². The Balaban J connectivity index is 1.63. The number of carbonyl (C=O) groups excluding carboxylic acids is 1. The molecule has 1 amide bonds. The van der Waals surface area contributed by atoms with Crippen LogP contribution in [0.2, 0.25) is 0 Å². The van der Waals surface area contributed by atoms with E-state index in [0.717, 1.165) is 28.0 Å². The third-order valence-corrected chi connectivity index (χ3v) is 4.44. The van der Waals surface area contributed by atoms with Crippen LogP contribution in [-0.2, 0) is 6.54 Å². The van der Waals surface area contributed by atoms with E-state index in [0.29, 0.717) is 23.4 Å². The number of anilines is 1. The van der Waals surface area contributed by atoms with Crippen molar-refractivity contribution in [2.24, 2.45) is 4.99 Å². The van der Waals surface area contributed by atoms with Crippen molar-refractivity contribution in [3.05, 3.63) is 88.4 Å². The Hall–Kier alpha value is -3.65. The maximum absolute atomic E-state index is 12.6. The summed E-state index contributed by atoms with van der Waals surface area (Å²) in [5.41, 5.74) is 6.36. The second-order valence-corrected chi connectivity index (χ2v) is 6.14. The quantitative estimate of drug-likeness (QED) is 0.780. The number of carbonyl (C=O) groups is 1. The molecule has 1 aliphatic rings.